The van der Waals surface area contributed by atoms with E-state index in [1.807, 2.05) is 12.1 Å². The number of ether oxygens (including phenoxy) is 2. The first-order chi connectivity index (χ1) is 14.6. The second-order valence-corrected chi connectivity index (χ2v) is 7.19. The highest BCUT2D eigenvalue weighted by atomic mass is 19.1. The molecule has 1 unspecified atom stereocenters. The van der Waals surface area contributed by atoms with Crippen LogP contribution in [0.5, 0.6) is 11.5 Å². The molecule has 2 aromatic rings. The second kappa shape index (κ2) is 8.61. The van der Waals surface area contributed by atoms with E-state index in [2.05, 4.69) is 10.1 Å². The SMILES string of the molecule is COc1ccc(C2=NOC(C(=O)N3CCN(c4ccc(F)cc4)CC3)C2)cc1OC. The summed E-state index contributed by atoms with van der Waals surface area (Å²) in [6, 6.07) is 11.9. The molecule has 0 radical (unpaired) electrons. The van der Waals surface area contributed by atoms with Gasteiger partial charge in [0.05, 0.1) is 19.9 Å². The molecule has 2 heterocycles. The third kappa shape index (κ3) is 4.03. The van der Waals surface area contributed by atoms with Gasteiger partial charge >= 0.3 is 0 Å². The van der Waals surface area contributed by atoms with E-state index in [9.17, 15) is 9.18 Å². The Kier molecular flexibility index (Phi) is 5.74. The Hall–Kier alpha value is -3.29. The molecule has 0 saturated carbocycles. The topological polar surface area (TPSA) is 63.6 Å². The van der Waals surface area contributed by atoms with Crippen LogP contribution in [0.1, 0.15) is 12.0 Å². The number of carbonyl (C=O) groups is 1. The van der Waals surface area contributed by atoms with Crippen LogP contribution in [0.3, 0.4) is 0 Å². The summed E-state index contributed by atoms with van der Waals surface area (Å²) in [5, 5.41) is 4.13. The van der Waals surface area contributed by atoms with E-state index in [4.69, 9.17) is 14.3 Å². The van der Waals surface area contributed by atoms with Gasteiger partial charge in [0, 0.05) is 43.9 Å². The molecule has 0 aliphatic carbocycles. The van der Waals surface area contributed by atoms with Gasteiger partial charge in [0.25, 0.3) is 5.91 Å². The van der Waals surface area contributed by atoms with Crippen molar-refractivity contribution < 1.29 is 23.5 Å². The standard InChI is InChI=1S/C22H24FN3O4/c1-28-19-8-3-15(13-20(19)29-2)18-14-21(30-24-18)22(27)26-11-9-25(10-12-26)17-6-4-16(23)5-7-17/h3-8,13,21H,9-12,14H2,1-2H3. The summed E-state index contributed by atoms with van der Waals surface area (Å²) in [5.74, 6) is 0.918. The van der Waals surface area contributed by atoms with Crippen LogP contribution < -0.4 is 14.4 Å². The summed E-state index contributed by atoms with van der Waals surface area (Å²) < 4.78 is 23.7. The van der Waals surface area contributed by atoms with Crippen molar-refractivity contribution in [3.8, 4) is 11.5 Å². The summed E-state index contributed by atoms with van der Waals surface area (Å²) in [6.45, 7) is 2.55. The maximum atomic E-state index is 13.1. The molecule has 2 aliphatic heterocycles. The van der Waals surface area contributed by atoms with Gasteiger partial charge in [-0.2, -0.15) is 0 Å². The van der Waals surface area contributed by atoms with Gasteiger partial charge < -0.3 is 24.1 Å². The van der Waals surface area contributed by atoms with Crippen molar-refractivity contribution in [1.82, 2.24) is 4.90 Å². The summed E-state index contributed by atoms with van der Waals surface area (Å²) >= 11 is 0. The number of hydrogen-bond donors (Lipinski definition) is 0. The Labute approximate surface area is 174 Å². The minimum absolute atomic E-state index is 0.0621. The third-order valence-corrected chi connectivity index (χ3v) is 5.44. The number of oxime groups is 1. The molecule has 0 spiro atoms. The van der Waals surface area contributed by atoms with Gasteiger partial charge in [-0.3, -0.25) is 4.79 Å². The number of anilines is 1. The molecule has 0 N–H and O–H groups in total. The Morgan fingerprint density at radius 2 is 1.73 bits per heavy atom. The zero-order valence-electron chi connectivity index (χ0n) is 17.0. The van der Waals surface area contributed by atoms with Gasteiger partial charge in [0.1, 0.15) is 5.82 Å². The van der Waals surface area contributed by atoms with Crippen molar-refractivity contribution in [2.75, 3.05) is 45.3 Å². The van der Waals surface area contributed by atoms with Crippen molar-refractivity contribution in [3.63, 3.8) is 0 Å². The van der Waals surface area contributed by atoms with Crippen molar-refractivity contribution in [2.24, 2.45) is 5.16 Å². The Morgan fingerprint density at radius 1 is 1.03 bits per heavy atom. The van der Waals surface area contributed by atoms with Gasteiger partial charge in [0.15, 0.2) is 11.5 Å². The molecule has 7 nitrogen and oxygen atoms in total. The number of amides is 1. The predicted molar refractivity (Wildman–Crippen MR) is 111 cm³/mol. The van der Waals surface area contributed by atoms with E-state index in [1.54, 1.807) is 37.3 Å². The van der Waals surface area contributed by atoms with E-state index in [0.717, 1.165) is 11.3 Å². The monoisotopic (exact) mass is 413 g/mol. The van der Waals surface area contributed by atoms with Gasteiger partial charge in [-0.1, -0.05) is 5.16 Å². The van der Waals surface area contributed by atoms with Crippen molar-refractivity contribution in [2.45, 2.75) is 12.5 Å². The first-order valence-electron chi connectivity index (χ1n) is 9.83. The molecule has 1 saturated heterocycles. The smallest absolute Gasteiger partial charge is 0.267 e. The molecule has 4 rings (SSSR count). The van der Waals surface area contributed by atoms with E-state index in [1.165, 1.54) is 12.1 Å². The number of methoxy groups -OCH3 is 2. The van der Waals surface area contributed by atoms with Gasteiger partial charge in [-0.25, -0.2) is 4.39 Å². The molecular weight excluding hydrogens is 389 g/mol. The van der Waals surface area contributed by atoms with E-state index in [0.29, 0.717) is 49.8 Å². The van der Waals surface area contributed by atoms with Crippen LogP contribution in [-0.2, 0) is 9.63 Å². The number of hydrogen-bond acceptors (Lipinski definition) is 6. The number of piperazine rings is 1. The van der Waals surface area contributed by atoms with Crippen LogP contribution in [0.25, 0.3) is 0 Å². The van der Waals surface area contributed by atoms with Gasteiger partial charge in [-0.05, 0) is 42.5 Å². The molecule has 1 atom stereocenters. The zero-order valence-corrected chi connectivity index (χ0v) is 17.0. The fraction of sp³-hybridized carbons (Fsp3) is 0.364. The molecule has 2 aliphatic rings. The summed E-state index contributed by atoms with van der Waals surface area (Å²) in [7, 11) is 3.16. The average molecular weight is 413 g/mol. The largest absolute Gasteiger partial charge is 0.493 e. The van der Waals surface area contributed by atoms with E-state index in [-0.39, 0.29) is 11.7 Å². The molecule has 1 fully saturated rings. The van der Waals surface area contributed by atoms with Gasteiger partial charge in [-0.15, -0.1) is 0 Å². The average Bonchev–Trinajstić information content (AvgIpc) is 3.29. The molecule has 1 amide bonds. The molecular formula is C22H24FN3O4. The van der Waals surface area contributed by atoms with Crippen LogP contribution in [0, 0.1) is 5.82 Å². The molecule has 30 heavy (non-hydrogen) atoms. The minimum atomic E-state index is -0.620. The number of nitrogens with zero attached hydrogens (tertiary/aromatic N) is 3. The lowest BCUT2D eigenvalue weighted by Crippen LogP contribution is -2.51. The number of carbonyl (C=O) groups excluding carboxylic acids is 1. The van der Waals surface area contributed by atoms with Crippen LogP contribution in [0.15, 0.2) is 47.6 Å². The zero-order chi connectivity index (χ0) is 21.1. The predicted octanol–water partition coefficient (Wildman–Crippen LogP) is 2.68. The van der Waals surface area contributed by atoms with Crippen LogP contribution in [-0.4, -0.2) is 63.0 Å². The Balaban J connectivity index is 1.34. The van der Waals surface area contributed by atoms with Crippen LogP contribution in [0.4, 0.5) is 10.1 Å². The van der Waals surface area contributed by atoms with Crippen molar-refractivity contribution >= 4 is 17.3 Å². The lowest BCUT2D eigenvalue weighted by atomic mass is 10.0. The summed E-state index contributed by atoms with van der Waals surface area (Å²) in [4.78, 5) is 22.3. The summed E-state index contributed by atoms with van der Waals surface area (Å²) in [6.07, 6.45) is -0.211. The normalized spacial score (nSPS) is 18.6. The number of halogens is 1. The highest BCUT2D eigenvalue weighted by Crippen LogP contribution is 2.30. The van der Waals surface area contributed by atoms with E-state index < -0.39 is 6.10 Å². The highest BCUT2D eigenvalue weighted by Gasteiger charge is 2.34. The van der Waals surface area contributed by atoms with Gasteiger partial charge in [0.2, 0.25) is 6.10 Å². The highest BCUT2D eigenvalue weighted by molar-refractivity contribution is 6.04. The molecule has 158 valence electrons. The van der Waals surface area contributed by atoms with Crippen LogP contribution in [0.2, 0.25) is 0 Å². The second-order valence-electron chi connectivity index (χ2n) is 7.19. The number of rotatable bonds is 5. The Morgan fingerprint density at radius 3 is 2.40 bits per heavy atom. The molecule has 0 bridgehead atoms. The summed E-state index contributed by atoms with van der Waals surface area (Å²) in [5.41, 5.74) is 2.50. The molecule has 8 heteroatoms. The quantitative estimate of drug-likeness (QED) is 0.754. The fourth-order valence-corrected chi connectivity index (χ4v) is 3.74. The van der Waals surface area contributed by atoms with Crippen molar-refractivity contribution in [1.29, 1.82) is 0 Å². The lowest BCUT2D eigenvalue weighted by Gasteiger charge is -2.36. The molecule has 0 aromatic heterocycles. The maximum Gasteiger partial charge on any atom is 0.267 e. The first-order valence-corrected chi connectivity index (χ1v) is 9.83. The van der Waals surface area contributed by atoms with Crippen molar-refractivity contribution in [3.05, 3.63) is 53.8 Å². The fourth-order valence-electron chi connectivity index (χ4n) is 3.74. The lowest BCUT2D eigenvalue weighted by molar-refractivity contribution is -0.142. The van der Waals surface area contributed by atoms with E-state index >= 15 is 0 Å². The van der Waals surface area contributed by atoms with Crippen LogP contribution >= 0.6 is 0 Å². The first kappa shape index (κ1) is 20.0. The number of benzene rings is 2. The molecule has 2 aromatic carbocycles. The third-order valence-electron chi connectivity index (χ3n) is 5.44. The Bertz CT molecular complexity index is 940. The minimum Gasteiger partial charge on any atom is -0.493 e. The maximum absolute atomic E-state index is 13.1.